The molecule has 0 bridgehead atoms. The van der Waals surface area contributed by atoms with E-state index in [1.165, 1.54) is 5.56 Å². The second-order valence-corrected chi connectivity index (χ2v) is 5.46. The number of unbranched alkanes of at least 4 members (excludes halogenated alkanes) is 2. The monoisotopic (exact) mass is 291 g/mol. The van der Waals surface area contributed by atoms with Crippen LogP contribution in [0.4, 0.5) is 0 Å². The van der Waals surface area contributed by atoms with Gasteiger partial charge in [-0.1, -0.05) is 44.0 Å². The molecule has 1 aromatic rings. The molecule has 0 saturated heterocycles. The highest BCUT2D eigenvalue weighted by atomic mass is 16.5. The smallest absolute Gasteiger partial charge is 0.256 e. The maximum Gasteiger partial charge on any atom is 0.256 e. The second kappa shape index (κ2) is 8.15. The molecule has 0 saturated carbocycles. The van der Waals surface area contributed by atoms with Crippen LogP contribution in [0.25, 0.3) is 0 Å². The van der Waals surface area contributed by atoms with E-state index in [1.807, 2.05) is 18.2 Å². The highest BCUT2D eigenvalue weighted by Crippen LogP contribution is 2.28. The maximum atomic E-state index is 12.7. The normalized spacial score (nSPS) is 17.3. The maximum absolute atomic E-state index is 12.7. The van der Waals surface area contributed by atoms with Gasteiger partial charge in [-0.3, -0.25) is 4.79 Å². The van der Waals surface area contributed by atoms with E-state index < -0.39 is 6.10 Å². The number of ether oxygens (including phenoxy) is 1. The molecule has 1 amide bonds. The Morgan fingerprint density at radius 2 is 2.14 bits per heavy atom. The number of amides is 1. The minimum Gasteiger partial charge on any atom is -0.395 e. The molecule has 1 aliphatic heterocycles. The lowest BCUT2D eigenvalue weighted by Gasteiger charge is -2.30. The number of nitrogens with zero attached hydrogens (tertiary/aromatic N) is 1. The van der Waals surface area contributed by atoms with E-state index in [0.29, 0.717) is 19.7 Å². The molecule has 1 aliphatic rings. The van der Waals surface area contributed by atoms with Crippen LogP contribution in [0.1, 0.15) is 43.4 Å². The van der Waals surface area contributed by atoms with Crippen molar-refractivity contribution in [3.63, 3.8) is 0 Å². The fourth-order valence-electron chi connectivity index (χ4n) is 2.77. The van der Waals surface area contributed by atoms with Gasteiger partial charge in [-0.25, -0.2) is 0 Å². The second-order valence-electron chi connectivity index (χ2n) is 5.46. The van der Waals surface area contributed by atoms with Crippen molar-refractivity contribution in [3.05, 3.63) is 35.4 Å². The predicted molar refractivity (Wildman–Crippen MR) is 82.0 cm³/mol. The zero-order chi connectivity index (χ0) is 15.1. The van der Waals surface area contributed by atoms with Crippen LogP contribution in [0.2, 0.25) is 0 Å². The average Bonchev–Trinajstić information content (AvgIpc) is 2.53. The molecule has 1 atom stereocenters. The molecular weight excluding hydrogens is 266 g/mol. The molecule has 0 fully saturated rings. The van der Waals surface area contributed by atoms with Crippen molar-refractivity contribution in [2.45, 2.75) is 38.7 Å². The number of aliphatic hydroxyl groups is 1. The largest absolute Gasteiger partial charge is 0.395 e. The molecule has 2 rings (SSSR count). The highest BCUT2D eigenvalue weighted by Gasteiger charge is 2.30. The van der Waals surface area contributed by atoms with Crippen LogP contribution in [-0.2, 0) is 16.0 Å². The molecule has 1 N–H and O–H groups in total. The van der Waals surface area contributed by atoms with E-state index in [2.05, 4.69) is 13.0 Å². The molecule has 1 heterocycles. The van der Waals surface area contributed by atoms with Crippen molar-refractivity contribution in [2.24, 2.45) is 0 Å². The Hall–Kier alpha value is -1.39. The summed E-state index contributed by atoms with van der Waals surface area (Å²) in [5.74, 6) is -0.0210. The van der Waals surface area contributed by atoms with Crippen LogP contribution < -0.4 is 0 Å². The predicted octanol–water partition coefficient (Wildman–Crippen LogP) is 2.31. The first kappa shape index (κ1) is 16.0. The number of fused-ring (bicyclic) bond motifs is 1. The lowest BCUT2D eigenvalue weighted by Crippen LogP contribution is -2.40. The van der Waals surface area contributed by atoms with E-state index in [9.17, 15) is 9.90 Å². The zero-order valence-corrected chi connectivity index (χ0v) is 12.8. The minimum absolute atomic E-state index is 0.00771. The van der Waals surface area contributed by atoms with Gasteiger partial charge in [0.1, 0.15) is 0 Å². The third-order valence-corrected chi connectivity index (χ3v) is 3.93. The van der Waals surface area contributed by atoms with E-state index in [4.69, 9.17) is 4.74 Å². The number of benzene rings is 1. The summed E-state index contributed by atoms with van der Waals surface area (Å²) < 4.78 is 5.73. The first-order valence-electron chi connectivity index (χ1n) is 7.87. The van der Waals surface area contributed by atoms with Gasteiger partial charge in [0.15, 0.2) is 6.10 Å². The van der Waals surface area contributed by atoms with Crippen LogP contribution in [0.3, 0.4) is 0 Å². The summed E-state index contributed by atoms with van der Waals surface area (Å²) in [4.78, 5) is 14.5. The minimum atomic E-state index is -0.511. The average molecular weight is 291 g/mol. The number of hydrogen-bond acceptors (Lipinski definition) is 3. The molecule has 4 nitrogen and oxygen atoms in total. The van der Waals surface area contributed by atoms with E-state index in [-0.39, 0.29) is 12.5 Å². The van der Waals surface area contributed by atoms with Crippen LogP contribution >= 0.6 is 0 Å². The fraction of sp³-hybridized carbons (Fsp3) is 0.588. The molecule has 1 aromatic carbocycles. The van der Waals surface area contributed by atoms with Gasteiger partial charge >= 0.3 is 0 Å². The molecule has 0 aromatic heterocycles. The molecule has 0 radical (unpaired) electrons. The van der Waals surface area contributed by atoms with Crippen molar-refractivity contribution in [3.8, 4) is 0 Å². The van der Waals surface area contributed by atoms with Crippen LogP contribution in [0.5, 0.6) is 0 Å². The van der Waals surface area contributed by atoms with Crippen LogP contribution in [0, 0.1) is 0 Å². The Balaban J connectivity index is 2.10. The summed E-state index contributed by atoms with van der Waals surface area (Å²) in [5, 5.41) is 9.20. The van der Waals surface area contributed by atoms with Gasteiger partial charge in [0.2, 0.25) is 0 Å². The number of aliphatic hydroxyl groups excluding tert-OH is 1. The molecular formula is C17H25NO3. The number of carbonyl (C=O) groups excluding carboxylic acids is 1. The van der Waals surface area contributed by atoms with Crippen LogP contribution in [0.15, 0.2) is 24.3 Å². The third-order valence-electron chi connectivity index (χ3n) is 3.93. The summed E-state index contributed by atoms with van der Waals surface area (Å²) >= 11 is 0. The van der Waals surface area contributed by atoms with Gasteiger partial charge in [-0.15, -0.1) is 0 Å². The van der Waals surface area contributed by atoms with Gasteiger partial charge < -0.3 is 14.7 Å². The molecule has 0 aliphatic carbocycles. The third kappa shape index (κ3) is 4.05. The first-order valence-corrected chi connectivity index (χ1v) is 7.87. The van der Waals surface area contributed by atoms with Crippen molar-refractivity contribution < 1.29 is 14.6 Å². The topological polar surface area (TPSA) is 49.8 Å². The quantitative estimate of drug-likeness (QED) is 0.784. The Labute approximate surface area is 126 Å². The van der Waals surface area contributed by atoms with Gasteiger partial charge in [0.25, 0.3) is 5.91 Å². The summed E-state index contributed by atoms with van der Waals surface area (Å²) in [6.07, 6.45) is 3.52. The molecule has 116 valence electrons. The van der Waals surface area contributed by atoms with Gasteiger partial charge in [0, 0.05) is 13.1 Å². The Morgan fingerprint density at radius 3 is 2.90 bits per heavy atom. The Kier molecular flexibility index (Phi) is 6.21. The summed E-state index contributed by atoms with van der Waals surface area (Å²) in [7, 11) is 0. The lowest BCUT2D eigenvalue weighted by molar-refractivity contribution is -0.145. The van der Waals surface area contributed by atoms with Crippen molar-refractivity contribution in [2.75, 3.05) is 26.3 Å². The van der Waals surface area contributed by atoms with Crippen molar-refractivity contribution in [1.82, 2.24) is 4.90 Å². The molecule has 21 heavy (non-hydrogen) atoms. The fourth-order valence-corrected chi connectivity index (χ4v) is 2.77. The van der Waals surface area contributed by atoms with Gasteiger partial charge in [-0.2, -0.15) is 0 Å². The Morgan fingerprint density at radius 1 is 1.33 bits per heavy atom. The molecule has 0 spiro atoms. The summed E-state index contributed by atoms with van der Waals surface area (Å²) in [6.45, 7) is 3.78. The lowest BCUT2D eigenvalue weighted by atomic mass is 9.96. The van der Waals surface area contributed by atoms with Crippen LogP contribution in [-0.4, -0.2) is 42.2 Å². The van der Waals surface area contributed by atoms with E-state index in [1.54, 1.807) is 4.90 Å². The van der Waals surface area contributed by atoms with Gasteiger partial charge in [0.05, 0.1) is 13.2 Å². The first-order chi connectivity index (χ1) is 10.3. The SMILES string of the molecule is CCCCCN(CCO)C(=O)C1OCCc2ccccc21. The number of carbonyl (C=O) groups is 1. The van der Waals surface area contributed by atoms with E-state index in [0.717, 1.165) is 31.2 Å². The van der Waals surface area contributed by atoms with Gasteiger partial charge in [-0.05, 0) is 24.0 Å². The van der Waals surface area contributed by atoms with E-state index >= 15 is 0 Å². The van der Waals surface area contributed by atoms with Crippen molar-refractivity contribution >= 4 is 5.91 Å². The highest BCUT2D eigenvalue weighted by molar-refractivity contribution is 5.83. The van der Waals surface area contributed by atoms with Crippen molar-refractivity contribution in [1.29, 1.82) is 0 Å². The molecule has 4 heteroatoms. The zero-order valence-electron chi connectivity index (χ0n) is 12.8. The summed E-state index contributed by atoms with van der Waals surface area (Å²) in [6, 6.07) is 7.98. The number of rotatable bonds is 7. The Bertz CT molecular complexity index is 461. The molecule has 1 unspecified atom stereocenters. The standard InChI is InChI=1S/C17H25NO3/c1-2-3-6-10-18(11-12-19)17(20)16-15-8-5-4-7-14(15)9-13-21-16/h4-5,7-8,16,19H,2-3,6,9-13H2,1H3. The summed E-state index contributed by atoms with van der Waals surface area (Å²) in [5.41, 5.74) is 2.17. The number of hydrogen-bond donors (Lipinski definition) is 1.